The second-order valence-electron chi connectivity index (χ2n) is 6.66. The molecule has 0 atom stereocenters. The van der Waals surface area contributed by atoms with Crippen molar-refractivity contribution < 1.29 is 0 Å². The van der Waals surface area contributed by atoms with Crippen LogP contribution in [0.5, 0.6) is 0 Å². The number of para-hydroxylation sites is 2. The number of benzene rings is 2. The molecule has 0 bridgehead atoms. The molecule has 24 heavy (non-hydrogen) atoms. The van der Waals surface area contributed by atoms with Crippen LogP contribution in [0.3, 0.4) is 0 Å². The highest BCUT2D eigenvalue weighted by atomic mass is 16.1. The highest BCUT2D eigenvalue weighted by Gasteiger charge is 2.30. The first-order chi connectivity index (χ1) is 11.8. The van der Waals surface area contributed by atoms with Gasteiger partial charge in [0.1, 0.15) is 5.52 Å². The maximum absolute atomic E-state index is 13.1. The normalized spacial score (nSPS) is 14.5. The summed E-state index contributed by atoms with van der Waals surface area (Å²) in [5, 5.41) is 2.21. The van der Waals surface area contributed by atoms with Crippen LogP contribution in [-0.4, -0.2) is 9.13 Å². The van der Waals surface area contributed by atoms with Gasteiger partial charge >= 0.3 is 0 Å². The quantitative estimate of drug-likeness (QED) is 0.540. The zero-order valence-electron chi connectivity index (χ0n) is 13.6. The van der Waals surface area contributed by atoms with E-state index >= 15 is 0 Å². The third kappa shape index (κ3) is 1.81. The summed E-state index contributed by atoms with van der Waals surface area (Å²) in [5.74, 6) is 0.570. The molecule has 4 aromatic rings. The van der Waals surface area contributed by atoms with Crippen molar-refractivity contribution in [3.8, 4) is 5.69 Å². The molecular formula is C21H18N2O. The number of rotatable bonds is 2. The van der Waals surface area contributed by atoms with E-state index in [0.29, 0.717) is 5.92 Å². The van der Waals surface area contributed by atoms with Gasteiger partial charge in [-0.15, -0.1) is 0 Å². The van der Waals surface area contributed by atoms with E-state index in [-0.39, 0.29) is 5.56 Å². The molecule has 3 heteroatoms. The number of fused-ring (bicyclic) bond motifs is 3. The van der Waals surface area contributed by atoms with Crippen LogP contribution >= 0.6 is 0 Å². The van der Waals surface area contributed by atoms with Crippen molar-refractivity contribution in [1.82, 2.24) is 9.13 Å². The predicted octanol–water partition coefficient (Wildman–Crippen LogP) is 4.36. The standard InChI is InChI=1S/C21H18N2O/c1-22-18-10-6-5-9-16(18)17-13-19(14-11-12-14)23(20(17)21(22)24)15-7-3-2-4-8-15/h2-10,13-14H,11-12H2,1H3. The lowest BCUT2D eigenvalue weighted by atomic mass is 10.1. The summed E-state index contributed by atoms with van der Waals surface area (Å²) in [7, 11) is 1.86. The van der Waals surface area contributed by atoms with Crippen LogP contribution in [0.15, 0.2) is 65.5 Å². The van der Waals surface area contributed by atoms with Gasteiger partial charge in [-0.2, -0.15) is 0 Å². The van der Waals surface area contributed by atoms with E-state index in [1.54, 1.807) is 4.57 Å². The topological polar surface area (TPSA) is 26.9 Å². The van der Waals surface area contributed by atoms with Crippen LogP contribution in [-0.2, 0) is 7.05 Å². The number of hydrogen-bond acceptors (Lipinski definition) is 1. The Morgan fingerprint density at radius 1 is 0.917 bits per heavy atom. The van der Waals surface area contributed by atoms with E-state index in [0.717, 1.165) is 27.5 Å². The van der Waals surface area contributed by atoms with E-state index in [2.05, 4.69) is 28.8 Å². The number of aromatic nitrogens is 2. The predicted molar refractivity (Wildman–Crippen MR) is 98.0 cm³/mol. The Labute approximate surface area is 139 Å². The van der Waals surface area contributed by atoms with E-state index in [1.807, 2.05) is 43.4 Å². The minimum atomic E-state index is 0.0689. The molecule has 1 saturated carbocycles. The fourth-order valence-corrected chi connectivity index (χ4v) is 3.74. The molecule has 0 amide bonds. The molecule has 0 aliphatic heterocycles. The first-order valence-corrected chi connectivity index (χ1v) is 8.44. The highest BCUT2D eigenvalue weighted by molar-refractivity contribution is 6.05. The van der Waals surface area contributed by atoms with Gasteiger partial charge in [0.25, 0.3) is 5.56 Å². The van der Waals surface area contributed by atoms with E-state index < -0.39 is 0 Å². The monoisotopic (exact) mass is 314 g/mol. The lowest BCUT2D eigenvalue weighted by molar-refractivity contribution is 0.892. The van der Waals surface area contributed by atoms with Crippen LogP contribution in [0, 0.1) is 0 Å². The van der Waals surface area contributed by atoms with Crippen molar-refractivity contribution in [3.63, 3.8) is 0 Å². The van der Waals surface area contributed by atoms with Gasteiger partial charge in [0.15, 0.2) is 0 Å². The van der Waals surface area contributed by atoms with E-state index in [9.17, 15) is 4.79 Å². The van der Waals surface area contributed by atoms with Crippen molar-refractivity contribution in [2.24, 2.45) is 7.05 Å². The third-order valence-electron chi connectivity index (χ3n) is 5.10. The van der Waals surface area contributed by atoms with Crippen LogP contribution in [0.4, 0.5) is 0 Å². The minimum Gasteiger partial charge on any atom is -0.310 e. The smallest absolute Gasteiger partial charge is 0.275 e. The Morgan fingerprint density at radius 3 is 2.38 bits per heavy atom. The molecule has 118 valence electrons. The Hall–Kier alpha value is -2.81. The second-order valence-corrected chi connectivity index (χ2v) is 6.66. The molecule has 0 unspecified atom stereocenters. The SMILES string of the molecule is Cn1c(=O)c2c(cc(C3CC3)n2-c2ccccc2)c2ccccc21. The molecule has 3 nitrogen and oxygen atoms in total. The summed E-state index contributed by atoms with van der Waals surface area (Å²) in [6.45, 7) is 0. The number of aryl methyl sites for hydroxylation is 1. The molecule has 2 heterocycles. The molecule has 1 aliphatic rings. The second kappa shape index (κ2) is 4.84. The summed E-state index contributed by atoms with van der Waals surface area (Å²) >= 11 is 0. The first kappa shape index (κ1) is 13.6. The molecule has 0 N–H and O–H groups in total. The molecular weight excluding hydrogens is 296 g/mol. The average molecular weight is 314 g/mol. The van der Waals surface area contributed by atoms with Crippen LogP contribution in [0.1, 0.15) is 24.5 Å². The minimum absolute atomic E-state index is 0.0689. The van der Waals surface area contributed by atoms with Crippen molar-refractivity contribution in [1.29, 1.82) is 0 Å². The summed E-state index contributed by atoms with van der Waals surface area (Å²) in [6, 6.07) is 20.7. The van der Waals surface area contributed by atoms with Gasteiger partial charge in [0.05, 0.1) is 5.52 Å². The summed E-state index contributed by atoms with van der Waals surface area (Å²) < 4.78 is 3.95. The summed E-state index contributed by atoms with van der Waals surface area (Å²) in [4.78, 5) is 13.1. The third-order valence-corrected chi connectivity index (χ3v) is 5.10. The molecule has 1 fully saturated rings. The van der Waals surface area contributed by atoms with Gasteiger partial charge in [-0.25, -0.2) is 0 Å². The van der Waals surface area contributed by atoms with E-state index in [1.165, 1.54) is 18.5 Å². The van der Waals surface area contributed by atoms with Gasteiger partial charge in [-0.05, 0) is 43.0 Å². The number of nitrogens with zero attached hydrogens (tertiary/aromatic N) is 2. The Morgan fingerprint density at radius 2 is 1.62 bits per heavy atom. The molecule has 2 aromatic carbocycles. The largest absolute Gasteiger partial charge is 0.310 e. The van der Waals surface area contributed by atoms with E-state index in [4.69, 9.17) is 0 Å². The first-order valence-electron chi connectivity index (χ1n) is 8.44. The van der Waals surface area contributed by atoms with Gasteiger partial charge in [0, 0.05) is 29.2 Å². The molecule has 1 aliphatic carbocycles. The lowest BCUT2D eigenvalue weighted by Gasteiger charge is -2.11. The van der Waals surface area contributed by atoms with Crippen molar-refractivity contribution >= 4 is 21.8 Å². The van der Waals surface area contributed by atoms with Crippen molar-refractivity contribution in [3.05, 3.63) is 76.7 Å². The Kier molecular flexibility index (Phi) is 2.75. The molecule has 0 spiro atoms. The fraction of sp³-hybridized carbons (Fsp3) is 0.190. The van der Waals surface area contributed by atoms with Crippen LogP contribution in [0.25, 0.3) is 27.5 Å². The zero-order chi connectivity index (χ0) is 16.3. The maximum atomic E-state index is 13.1. The van der Waals surface area contributed by atoms with Gasteiger partial charge in [-0.1, -0.05) is 36.4 Å². The van der Waals surface area contributed by atoms with Crippen LogP contribution in [0.2, 0.25) is 0 Å². The fourth-order valence-electron chi connectivity index (χ4n) is 3.74. The number of hydrogen-bond donors (Lipinski definition) is 0. The highest BCUT2D eigenvalue weighted by Crippen LogP contribution is 2.43. The zero-order valence-corrected chi connectivity index (χ0v) is 13.6. The molecule has 2 aromatic heterocycles. The van der Waals surface area contributed by atoms with Crippen molar-refractivity contribution in [2.75, 3.05) is 0 Å². The van der Waals surface area contributed by atoms with Gasteiger partial charge in [0.2, 0.25) is 0 Å². The van der Waals surface area contributed by atoms with Gasteiger partial charge < -0.3 is 9.13 Å². The summed E-state index contributed by atoms with van der Waals surface area (Å²) in [5.41, 5.74) is 4.19. The maximum Gasteiger partial charge on any atom is 0.275 e. The molecule has 0 saturated heterocycles. The van der Waals surface area contributed by atoms with Crippen molar-refractivity contribution in [2.45, 2.75) is 18.8 Å². The lowest BCUT2D eigenvalue weighted by Crippen LogP contribution is -2.19. The molecule has 5 rings (SSSR count). The van der Waals surface area contributed by atoms with Crippen LogP contribution < -0.4 is 5.56 Å². The summed E-state index contributed by atoms with van der Waals surface area (Å²) in [6.07, 6.45) is 2.42. The average Bonchev–Trinajstić information content (AvgIpc) is 3.40. The van der Waals surface area contributed by atoms with Gasteiger partial charge in [-0.3, -0.25) is 4.79 Å². The number of pyridine rings is 1. The molecule has 0 radical (unpaired) electrons. The Balaban J connectivity index is 2.01. The Bertz CT molecular complexity index is 1130.